The van der Waals surface area contributed by atoms with Crippen LogP contribution < -0.4 is 0 Å². The van der Waals surface area contributed by atoms with E-state index in [4.69, 9.17) is 4.52 Å². The molecule has 1 aliphatic heterocycles. The van der Waals surface area contributed by atoms with Gasteiger partial charge in [-0.15, -0.1) is 11.3 Å². The van der Waals surface area contributed by atoms with Crippen LogP contribution in [0.5, 0.6) is 0 Å². The van der Waals surface area contributed by atoms with Crippen LogP contribution in [0.2, 0.25) is 0 Å². The Bertz CT molecular complexity index is 625. The molecule has 2 aromatic heterocycles. The zero-order valence-electron chi connectivity index (χ0n) is 11.0. The van der Waals surface area contributed by atoms with Crippen molar-refractivity contribution in [2.45, 2.75) is 25.7 Å². The lowest BCUT2D eigenvalue weighted by Crippen LogP contribution is -2.37. The van der Waals surface area contributed by atoms with Gasteiger partial charge in [-0.1, -0.05) is 5.16 Å². The van der Waals surface area contributed by atoms with Gasteiger partial charge in [0.15, 0.2) is 5.82 Å². The Morgan fingerprint density at radius 2 is 2.45 bits per heavy atom. The largest absolute Gasteiger partial charge is 0.342 e. The second-order valence-corrected chi connectivity index (χ2v) is 7.19. The zero-order valence-corrected chi connectivity index (χ0v) is 13.4. The number of aromatic nitrogens is 2. The highest BCUT2D eigenvalue weighted by molar-refractivity contribution is 9.11. The van der Waals surface area contributed by atoms with Crippen LogP contribution in [0.3, 0.4) is 0 Å². The monoisotopic (exact) mass is 355 g/mol. The lowest BCUT2D eigenvalue weighted by atomic mass is 9.97. The molecule has 0 radical (unpaired) electrons. The molecule has 1 aliphatic rings. The third-order valence-corrected chi connectivity index (χ3v) is 4.99. The van der Waals surface area contributed by atoms with Crippen LogP contribution in [-0.2, 0) is 4.79 Å². The topological polar surface area (TPSA) is 59.2 Å². The summed E-state index contributed by atoms with van der Waals surface area (Å²) in [5.41, 5.74) is 0.930. The van der Waals surface area contributed by atoms with Gasteiger partial charge < -0.3 is 9.42 Å². The molecule has 2 aromatic rings. The van der Waals surface area contributed by atoms with E-state index in [9.17, 15) is 4.79 Å². The fraction of sp³-hybridized carbons (Fsp3) is 0.462. The minimum Gasteiger partial charge on any atom is -0.342 e. The van der Waals surface area contributed by atoms with Crippen LogP contribution in [-0.4, -0.2) is 34.0 Å². The summed E-state index contributed by atoms with van der Waals surface area (Å²) in [6, 6.07) is 1.96. The first-order valence-corrected chi connectivity index (χ1v) is 8.14. The van der Waals surface area contributed by atoms with Gasteiger partial charge in [0.25, 0.3) is 5.89 Å². The minimum absolute atomic E-state index is 0.111. The van der Waals surface area contributed by atoms with Crippen LogP contribution in [0.1, 0.15) is 31.5 Å². The SMILES string of the molecule is CC(=O)N1CCCC(c2noc(-c3csc(Br)c3)n2)C1. The minimum atomic E-state index is 0.111. The number of rotatable bonds is 2. The number of likely N-dealkylation sites (tertiary alicyclic amines) is 1. The third-order valence-electron chi connectivity index (χ3n) is 3.49. The van der Waals surface area contributed by atoms with Crippen LogP contribution in [0.15, 0.2) is 19.8 Å². The predicted molar refractivity (Wildman–Crippen MR) is 79.5 cm³/mol. The molecule has 3 heterocycles. The van der Waals surface area contributed by atoms with E-state index in [0.717, 1.165) is 28.7 Å². The molecule has 1 amide bonds. The number of nitrogens with zero attached hydrogens (tertiary/aromatic N) is 3. The number of amides is 1. The summed E-state index contributed by atoms with van der Waals surface area (Å²) in [5, 5.41) is 6.06. The van der Waals surface area contributed by atoms with Crippen molar-refractivity contribution in [3.8, 4) is 11.5 Å². The number of hydrogen-bond donors (Lipinski definition) is 0. The number of carbonyl (C=O) groups excluding carboxylic acids is 1. The van der Waals surface area contributed by atoms with E-state index in [1.54, 1.807) is 18.3 Å². The fourth-order valence-electron chi connectivity index (χ4n) is 2.41. The van der Waals surface area contributed by atoms with E-state index >= 15 is 0 Å². The molecule has 0 aliphatic carbocycles. The molecule has 0 spiro atoms. The fourth-order valence-corrected chi connectivity index (χ4v) is 3.54. The summed E-state index contributed by atoms with van der Waals surface area (Å²) < 4.78 is 6.37. The number of halogens is 1. The lowest BCUT2D eigenvalue weighted by Gasteiger charge is -2.30. The van der Waals surface area contributed by atoms with Gasteiger partial charge in [0.05, 0.1) is 9.35 Å². The van der Waals surface area contributed by atoms with Gasteiger partial charge >= 0.3 is 0 Å². The summed E-state index contributed by atoms with van der Waals surface area (Å²) in [5.74, 6) is 1.53. The molecule has 0 aromatic carbocycles. The van der Waals surface area contributed by atoms with Gasteiger partial charge in [0.1, 0.15) is 0 Å². The van der Waals surface area contributed by atoms with E-state index in [1.165, 1.54) is 0 Å². The molecular formula is C13H14BrN3O2S. The average molecular weight is 356 g/mol. The van der Waals surface area contributed by atoms with E-state index in [0.29, 0.717) is 18.3 Å². The maximum Gasteiger partial charge on any atom is 0.258 e. The van der Waals surface area contributed by atoms with E-state index in [-0.39, 0.29) is 11.8 Å². The Kier molecular flexibility index (Phi) is 3.89. The molecule has 1 fully saturated rings. The molecule has 3 rings (SSSR count). The molecule has 5 nitrogen and oxygen atoms in total. The van der Waals surface area contributed by atoms with E-state index in [2.05, 4.69) is 26.1 Å². The Morgan fingerprint density at radius 1 is 1.60 bits per heavy atom. The molecule has 0 saturated carbocycles. The quantitative estimate of drug-likeness (QED) is 0.829. The maximum atomic E-state index is 11.5. The highest BCUT2D eigenvalue weighted by Crippen LogP contribution is 2.30. The summed E-state index contributed by atoms with van der Waals surface area (Å²) in [6.45, 7) is 3.11. The molecule has 1 unspecified atom stereocenters. The van der Waals surface area contributed by atoms with Crippen molar-refractivity contribution in [3.63, 3.8) is 0 Å². The van der Waals surface area contributed by atoms with Gasteiger partial charge in [-0.25, -0.2) is 0 Å². The van der Waals surface area contributed by atoms with E-state index in [1.807, 2.05) is 16.3 Å². The standard InChI is InChI=1S/C13H14BrN3O2S/c1-8(18)17-4-2-3-9(6-17)12-15-13(19-16-12)10-5-11(14)20-7-10/h5,7,9H,2-4,6H2,1H3. The van der Waals surface area contributed by atoms with E-state index < -0.39 is 0 Å². The lowest BCUT2D eigenvalue weighted by molar-refractivity contribution is -0.130. The maximum absolute atomic E-state index is 11.5. The average Bonchev–Trinajstić information content (AvgIpc) is 3.07. The summed E-state index contributed by atoms with van der Waals surface area (Å²) in [4.78, 5) is 17.8. The van der Waals surface area contributed by atoms with Crippen molar-refractivity contribution in [1.82, 2.24) is 15.0 Å². The number of carbonyl (C=O) groups is 1. The summed E-state index contributed by atoms with van der Waals surface area (Å²) >= 11 is 5.01. The first-order valence-electron chi connectivity index (χ1n) is 6.47. The van der Waals surface area contributed by atoms with Gasteiger partial charge in [-0.2, -0.15) is 4.98 Å². The smallest absolute Gasteiger partial charge is 0.258 e. The number of thiophene rings is 1. The zero-order chi connectivity index (χ0) is 14.1. The summed E-state index contributed by atoms with van der Waals surface area (Å²) in [7, 11) is 0. The Balaban J connectivity index is 1.78. The molecule has 0 N–H and O–H groups in total. The molecule has 106 valence electrons. The Hall–Kier alpha value is -1.21. The second-order valence-electron chi connectivity index (χ2n) is 4.90. The van der Waals surface area contributed by atoms with Gasteiger partial charge in [0, 0.05) is 31.3 Å². The Labute approximate surface area is 129 Å². The van der Waals surface area contributed by atoms with Crippen LogP contribution >= 0.6 is 27.3 Å². The van der Waals surface area contributed by atoms with Crippen molar-refractivity contribution < 1.29 is 9.32 Å². The van der Waals surface area contributed by atoms with Crippen molar-refractivity contribution in [1.29, 1.82) is 0 Å². The van der Waals surface area contributed by atoms with Crippen molar-refractivity contribution in [3.05, 3.63) is 21.1 Å². The first-order chi connectivity index (χ1) is 9.63. The number of piperidine rings is 1. The first kappa shape index (κ1) is 13.8. The number of hydrogen-bond acceptors (Lipinski definition) is 5. The van der Waals surface area contributed by atoms with Gasteiger partial charge in [-0.3, -0.25) is 4.79 Å². The van der Waals surface area contributed by atoms with Crippen molar-refractivity contribution >= 4 is 33.2 Å². The van der Waals surface area contributed by atoms with Crippen molar-refractivity contribution in [2.24, 2.45) is 0 Å². The molecule has 1 atom stereocenters. The molecule has 0 bridgehead atoms. The van der Waals surface area contributed by atoms with Gasteiger partial charge in [-0.05, 0) is 34.8 Å². The van der Waals surface area contributed by atoms with Crippen LogP contribution in [0.25, 0.3) is 11.5 Å². The van der Waals surface area contributed by atoms with Crippen molar-refractivity contribution in [2.75, 3.05) is 13.1 Å². The third kappa shape index (κ3) is 2.78. The molecular weight excluding hydrogens is 342 g/mol. The molecule has 1 saturated heterocycles. The predicted octanol–water partition coefficient (Wildman–Crippen LogP) is 3.29. The molecule has 20 heavy (non-hydrogen) atoms. The molecule has 7 heteroatoms. The summed E-state index contributed by atoms with van der Waals surface area (Å²) in [6.07, 6.45) is 1.98. The Morgan fingerprint density at radius 3 is 3.15 bits per heavy atom. The normalized spacial score (nSPS) is 19.3. The van der Waals surface area contributed by atoms with Gasteiger partial charge in [0.2, 0.25) is 5.91 Å². The van der Waals surface area contributed by atoms with Crippen LogP contribution in [0.4, 0.5) is 0 Å². The van der Waals surface area contributed by atoms with Crippen LogP contribution in [0, 0.1) is 0 Å². The highest BCUT2D eigenvalue weighted by atomic mass is 79.9. The highest BCUT2D eigenvalue weighted by Gasteiger charge is 2.26. The second kappa shape index (κ2) is 5.65.